The average molecular weight is 398 g/mol. The second kappa shape index (κ2) is 7.70. The van der Waals surface area contributed by atoms with Crippen LogP contribution in [-0.4, -0.2) is 40.7 Å². The maximum Gasteiger partial charge on any atom is 0.345 e. The van der Waals surface area contributed by atoms with Gasteiger partial charge in [0.05, 0.1) is 24.2 Å². The molecule has 0 saturated heterocycles. The number of Topliss-reactive ketones (excluding diaryl/α,β-unsaturated/α-hetero) is 1. The van der Waals surface area contributed by atoms with E-state index < -0.39 is 16.7 Å². The van der Waals surface area contributed by atoms with Crippen molar-refractivity contribution < 1.29 is 28.8 Å². The summed E-state index contributed by atoms with van der Waals surface area (Å²) in [5.74, 6) is -1.64. The summed E-state index contributed by atoms with van der Waals surface area (Å²) in [6, 6.07) is 5.49. The molecule has 0 atom stereocenters. The molecule has 1 aliphatic carbocycles. The number of carbonyl (C=O) groups excluding carboxylic acids is 3. The number of fused-ring (bicyclic) bond motifs is 1. The summed E-state index contributed by atoms with van der Waals surface area (Å²) < 4.78 is 11.8. The SMILES string of the molecule is COC1=CC(=O)c2c(c(CCOC(=O)c3ccccc3[N+](=O)[O-])c(C)n2C)C1=O. The number of nitro benzene ring substituents is 1. The number of methoxy groups -OCH3 is 1. The van der Waals surface area contributed by atoms with Crippen LogP contribution in [0.5, 0.6) is 0 Å². The van der Waals surface area contributed by atoms with Crippen LogP contribution in [0, 0.1) is 17.0 Å². The van der Waals surface area contributed by atoms with Crippen LogP contribution in [0.4, 0.5) is 5.69 Å². The first-order valence-electron chi connectivity index (χ1n) is 8.71. The lowest BCUT2D eigenvalue weighted by molar-refractivity contribution is -0.385. The van der Waals surface area contributed by atoms with E-state index in [4.69, 9.17) is 9.47 Å². The maximum absolute atomic E-state index is 12.7. The number of para-hydroxylation sites is 1. The lowest BCUT2D eigenvalue weighted by atomic mass is 9.95. The van der Waals surface area contributed by atoms with Crippen LogP contribution in [0.25, 0.3) is 0 Å². The molecule has 1 aromatic carbocycles. The molecular formula is C20H18N2O7. The van der Waals surface area contributed by atoms with Gasteiger partial charge in [-0.15, -0.1) is 0 Å². The largest absolute Gasteiger partial charge is 0.492 e. The zero-order valence-electron chi connectivity index (χ0n) is 16.1. The second-order valence-electron chi connectivity index (χ2n) is 6.41. The number of aromatic nitrogens is 1. The molecule has 0 saturated carbocycles. The second-order valence-corrected chi connectivity index (χ2v) is 6.41. The highest BCUT2D eigenvalue weighted by Gasteiger charge is 2.34. The predicted molar refractivity (Wildman–Crippen MR) is 101 cm³/mol. The minimum absolute atomic E-state index is 0.0498. The van der Waals surface area contributed by atoms with Crippen molar-refractivity contribution in [2.75, 3.05) is 13.7 Å². The van der Waals surface area contributed by atoms with Gasteiger partial charge in [0, 0.05) is 31.3 Å². The fourth-order valence-electron chi connectivity index (χ4n) is 3.36. The summed E-state index contributed by atoms with van der Waals surface area (Å²) in [5, 5.41) is 11.1. The van der Waals surface area contributed by atoms with Crippen LogP contribution in [0.2, 0.25) is 0 Å². The van der Waals surface area contributed by atoms with Crippen molar-refractivity contribution in [3.63, 3.8) is 0 Å². The standard InChI is InChI=1S/C20H18N2O7/c1-11-12(17-18(21(11)2)15(23)10-16(28-3)19(17)24)8-9-29-20(25)13-6-4-5-7-14(13)22(26)27/h4-7,10H,8-9H2,1-3H3. The van der Waals surface area contributed by atoms with Gasteiger partial charge in [-0.1, -0.05) is 12.1 Å². The minimum atomic E-state index is -0.834. The van der Waals surface area contributed by atoms with E-state index in [1.165, 1.54) is 31.4 Å². The van der Waals surface area contributed by atoms with E-state index in [1.54, 1.807) is 18.5 Å². The van der Waals surface area contributed by atoms with E-state index in [1.807, 2.05) is 0 Å². The number of nitrogens with zero attached hydrogens (tertiary/aromatic N) is 2. The van der Waals surface area contributed by atoms with E-state index in [9.17, 15) is 24.5 Å². The molecule has 0 fully saturated rings. The van der Waals surface area contributed by atoms with Crippen molar-refractivity contribution in [3.05, 3.63) is 74.3 Å². The fourth-order valence-corrected chi connectivity index (χ4v) is 3.36. The van der Waals surface area contributed by atoms with Gasteiger partial charge in [0.1, 0.15) is 11.3 Å². The highest BCUT2D eigenvalue weighted by atomic mass is 16.6. The Morgan fingerprint density at radius 2 is 1.93 bits per heavy atom. The summed E-state index contributed by atoms with van der Waals surface area (Å²) in [4.78, 5) is 47.7. The maximum atomic E-state index is 12.7. The first-order chi connectivity index (χ1) is 13.8. The molecule has 0 aliphatic heterocycles. The lowest BCUT2D eigenvalue weighted by Gasteiger charge is -2.13. The third-order valence-corrected chi connectivity index (χ3v) is 4.89. The van der Waals surface area contributed by atoms with Crippen molar-refractivity contribution in [3.8, 4) is 0 Å². The van der Waals surface area contributed by atoms with Gasteiger partial charge >= 0.3 is 5.97 Å². The van der Waals surface area contributed by atoms with Gasteiger partial charge in [-0.2, -0.15) is 0 Å². The van der Waals surface area contributed by atoms with Crippen molar-refractivity contribution in [1.82, 2.24) is 4.57 Å². The van der Waals surface area contributed by atoms with Gasteiger partial charge in [0.2, 0.25) is 11.6 Å². The van der Waals surface area contributed by atoms with E-state index in [-0.39, 0.29) is 47.1 Å². The molecule has 0 amide bonds. The van der Waals surface area contributed by atoms with E-state index in [0.29, 0.717) is 11.3 Å². The number of hydrogen-bond acceptors (Lipinski definition) is 7. The number of ether oxygens (including phenoxy) is 2. The Morgan fingerprint density at radius 1 is 1.24 bits per heavy atom. The molecule has 1 aromatic heterocycles. The summed E-state index contributed by atoms with van der Waals surface area (Å²) in [6.07, 6.45) is 1.32. The summed E-state index contributed by atoms with van der Waals surface area (Å²) in [5.41, 5.74) is 1.24. The number of hydrogen-bond donors (Lipinski definition) is 0. The van der Waals surface area contributed by atoms with Crippen LogP contribution in [0.1, 0.15) is 42.5 Å². The number of rotatable bonds is 6. The van der Waals surface area contributed by atoms with Crippen LogP contribution in [-0.2, 0) is 22.9 Å². The zero-order chi connectivity index (χ0) is 21.3. The van der Waals surface area contributed by atoms with Gasteiger partial charge in [0.25, 0.3) is 5.69 Å². The molecule has 9 nitrogen and oxygen atoms in total. The molecule has 0 unspecified atom stereocenters. The van der Waals surface area contributed by atoms with Crippen molar-refractivity contribution >= 4 is 23.2 Å². The molecule has 2 aromatic rings. The molecule has 0 N–H and O–H groups in total. The average Bonchev–Trinajstić information content (AvgIpc) is 2.96. The smallest absolute Gasteiger partial charge is 0.345 e. The molecular weight excluding hydrogens is 380 g/mol. The molecule has 0 spiro atoms. The van der Waals surface area contributed by atoms with Crippen LogP contribution >= 0.6 is 0 Å². The number of benzene rings is 1. The number of carbonyl (C=O) groups is 3. The summed E-state index contributed by atoms with van der Waals surface area (Å²) >= 11 is 0. The summed E-state index contributed by atoms with van der Waals surface area (Å²) in [6.45, 7) is 1.64. The van der Waals surface area contributed by atoms with Gasteiger partial charge in [-0.05, 0) is 18.6 Å². The molecule has 1 aliphatic rings. The molecule has 1 heterocycles. The Labute approximate surface area is 165 Å². The molecule has 150 valence electrons. The van der Waals surface area contributed by atoms with E-state index >= 15 is 0 Å². The molecule has 9 heteroatoms. The van der Waals surface area contributed by atoms with Crippen molar-refractivity contribution in [2.45, 2.75) is 13.3 Å². The Kier molecular flexibility index (Phi) is 5.31. The van der Waals surface area contributed by atoms with E-state index in [2.05, 4.69) is 0 Å². The van der Waals surface area contributed by atoms with Crippen LogP contribution in [0.15, 0.2) is 36.1 Å². The number of ketones is 2. The van der Waals surface area contributed by atoms with Gasteiger partial charge < -0.3 is 14.0 Å². The normalized spacial score (nSPS) is 13.0. The van der Waals surface area contributed by atoms with Crippen molar-refractivity contribution in [2.24, 2.45) is 7.05 Å². The summed E-state index contributed by atoms with van der Waals surface area (Å²) in [7, 11) is 2.99. The third kappa shape index (κ3) is 3.42. The number of esters is 1. The number of nitro groups is 1. The first-order valence-corrected chi connectivity index (χ1v) is 8.71. The van der Waals surface area contributed by atoms with Crippen molar-refractivity contribution in [1.29, 1.82) is 0 Å². The minimum Gasteiger partial charge on any atom is -0.492 e. The monoisotopic (exact) mass is 398 g/mol. The van der Waals surface area contributed by atoms with Gasteiger partial charge in [-0.3, -0.25) is 19.7 Å². The van der Waals surface area contributed by atoms with Crippen LogP contribution in [0.3, 0.4) is 0 Å². The predicted octanol–water partition coefficient (Wildman–Crippen LogP) is 2.55. The quantitative estimate of drug-likeness (QED) is 0.417. The lowest BCUT2D eigenvalue weighted by Crippen LogP contribution is -2.20. The topological polar surface area (TPSA) is 118 Å². The van der Waals surface area contributed by atoms with Crippen LogP contribution < -0.4 is 0 Å². The molecule has 3 rings (SSSR count). The zero-order valence-corrected chi connectivity index (χ0v) is 16.1. The number of allylic oxidation sites excluding steroid dienone is 2. The van der Waals surface area contributed by atoms with Gasteiger partial charge in [-0.25, -0.2) is 4.79 Å². The Hall–Kier alpha value is -3.75. The highest BCUT2D eigenvalue weighted by molar-refractivity contribution is 6.24. The Balaban J connectivity index is 1.83. The highest BCUT2D eigenvalue weighted by Crippen LogP contribution is 2.30. The molecule has 0 bridgehead atoms. The Morgan fingerprint density at radius 3 is 2.59 bits per heavy atom. The Bertz CT molecular complexity index is 1080. The molecule has 0 radical (unpaired) electrons. The van der Waals surface area contributed by atoms with E-state index in [0.717, 1.165) is 6.08 Å². The molecule has 29 heavy (non-hydrogen) atoms. The fraction of sp³-hybridized carbons (Fsp3) is 0.250. The third-order valence-electron chi connectivity index (χ3n) is 4.89. The van der Waals surface area contributed by atoms with Gasteiger partial charge in [0.15, 0.2) is 5.76 Å². The first kappa shape index (κ1) is 20.0.